The van der Waals surface area contributed by atoms with Crippen LogP contribution in [0.25, 0.3) is 0 Å². The van der Waals surface area contributed by atoms with E-state index in [1.54, 1.807) is 13.2 Å². The summed E-state index contributed by atoms with van der Waals surface area (Å²) in [5.41, 5.74) is 3.67. The highest BCUT2D eigenvalue weighted by Crippen LogP contribution is 2.36. The first-order valence-electron chi connectivity index (χ1n) is 6.08. The Kier molecular flexibility index (Phi) is 4.56. The lowest BCUT2D eigenvalue weighted by Crippen LogP contribution is -2.47. The predicted molar refractivity (Wildman–Crippen MR) is 69.7 cm³/mol. The van der Waals surface area contributed by atoms with E-state index in [1.807, 2.05) is 0 Å². The summed E-state index contributed by atoms with van der Waals surface area (Å²) in [6, 6.07) is 4.42. The number of ether oxygens (including phenoxy) is 1. The van der Waals surface area contributed by atoms with Crippen molar-refractivity contribution in [2.45, 2.75) is 31.4 Å². The van der Waals surface area contributed by atoms with E-state index in [1.165, 1.54) is 25.0 Å². The van der Waals surface area contributed by atoms with Crippen molar-refractivity contribution < 1.29 is 9.13 Å². The van der Waals surface area contributed by atoms with Gasteiger partial charge < -0.3 is 4.74 Å². The zero-order chi connectivity index (χ0) is 13.1. The average molecular weight is 273 g/mol. The Balaban J connectivity index is 2.09. The molecule has 0 spiro atoms. The number of benzene rings is 1. The highest BCUT2D eigenvalue weighted by molar-refractivity contribution is 6.31. The maximum absolute atomic E-state index is 13.0. The molecule has 0 amide bonds. The summed E-state index contributed by atoms with van der Waals surface area (Å²) in [4.78, 5) is 0. The minimum absolute atomic E-state index is 0.00883. The molecule has 100 valence electrons. The minimum Gasteiger partial charge on any atom is -0.379 e. The van der Waals surface area contributed by atoms with Crippen molar-refractivity contribution in [3.8, 4) is 0 Å². The van der Waals surface area contributed by atoms with Gasteiger partial charge in [0.05, 0.1) is 12.1 Å². The molecule has 0 saturated heterocycles. The SMILES string of the molecule is COC(C1CC1)C(Cc1ccc(F)cc1Cl)NN. The summed E-state index contributed by atoms with van der Waals surface area (Å²) >= 11 is 6.02. The second kappa shape index (κ2) is 5.97. The van der Waals surface area contributed by atoms with Crippen LogP contribution in [-0.2, 0) is 11.2 Å². The summed E-state index contributed by atoms with van der Waals surface area (Å²) in [5, 5.41) is 0.431. The molecule has 3 N–H and O–H groups in total. The van der Waals surface area contributed by atoms with Crippen LogP contribution in [-0.4, -0.2) is 19.3 Å². The van der Waals surface area contributed by atoms with Gasteiger partial charge in [0.2, 0.25) is 0 Å². The van der Waals surface area contributed by atoms with Gasteiger partial charge in [0.25, 0.3) is 0 Å². The second-order valence-electron chi connectivity index (χ2n) is 4.75. The molecule has 18 heavy (non-hydrogen) atoms. The fraction of sp³-hybridized carbons (Fsp3) is 0.538. The van der Waals surface area contributed by atoms with Gasteiger partial charge in [0, 0.05) is 12.1 Å². The van der Waals surface area contributed by atoms with Gasteiger partial charge in [-0.25, -0.2) is 4.39 Å². The number of methoxy groups -OCH3 is 1. The lowest BCUT2D eigenvalue weighted by Gasteiger charge is -2.25. The summed E-state index contributed by atoms with van der Waals surface area (Å²) in [7, 11) is 1.69. The zero-order valence-electron chi connectivity index (χ0n) is 10.3. The lowest BCUT2D eigenvalue weighted by molar-refractivity contribution is 0.0511. The molecule has 5 heteroatoms. The molecule has 0 heterocycles. The second-order valence-corrected chi connectivity index (χ2v) is 5.16. The number of rotatable bonds is 6. The van der Waals surface area contributed by atoms with Gasteiger partial charge in [-0.3, -0.25) is 11.3 Å². The number of nitrogens with two attached hydrogens (primary N) is 1. The number of nitrogens with one attached hydrogen (secondary N) is 1. The van der Waals surface area contributed by atoms with E-state index in [4.69, 9.17) is 22.2 Å². The molecule has 0 radical (unpaired) electrons. The highest BCUT2D eigenvalue weighted by atomic mass is 35.5. The number of halogens is 2. The molecule has 1 saturated carbocycles. The van der Waals surface area contributed by atoms with E-state index >= 15 is 0 Å². The largest absolute Gasteiger partial charge is 0.379 e. The summed E-state index contributed by atoms with van der Waals surface area (Å²) in [5.74, 6) is 5.83. The van der Waals surface area contributed by atoms with Crippen LogP contribution in [0.2, 0.25) is 5.02 Å². The van der Waals surface area contributed by atoms with E-state index in [0.717, 1.165) is 5.56 Å². The van der Waals surface area contributed by atoms with Crippen molar-refractivity contribution in [3.63, 3.8) is 0 Å². The van der Waals surface area contributed by atoms with Gasteiger partial charge in [-0.15, -0.1) is 0 Å². The van der Waals surface area contributed by atoms with E-state index < -0.39 is 0 Å². The standard InChI is InChI=1S/C13H18ClFN2O/c1-18-13(8-2-3-8)12(17-16)6-9-4-5-10(15)7-11(9)14/h4-5,7-8,12-13,17H,2-3,6,16H2,1H3. The van der Waals surface area contributed by atoms with Crippen LogP contribution in [0, 0.1) is 11.7 Å². The molecule has 2 atom stereocenters. The molecular formula is C13H18ClFN2O. The predicted octanol–water partition coefficient (Wildman–Crippen LogP) is 2.28. The third-order valence-corrected chi connectivity index (χ3v) is 3.78. The molecule has 1 aromatic carbocycles. The zero-order valence-corrected chi connectivity index (χ0v) is 11.1. The third kappa shape index (κ3) is 3.20. The highest BCUT2D eigenvalue weighted by Gasteiger charge is 2.36. The molecule has 1 fully saturated rings. The fourth-order valence-corrected chi connectivity index (χ4v) is 2.55. The normalized spacial score (nSPS) is 18.7. The van der Waals surface area contributed by atoms with Crippen molar-refractivity contribution in [2.24, 2.45) is 11.8 Å². The monoisotopic (exact) mass is 272 g/mol. The molecule has 1 aliphatic carbocycles. The Morgan fingerprint density at radius 2 is 2.28 bits per heavy atom. The number of hydrogen-bond donors (Lipinski definition) is 2. The molecule has 0 aliphatic heterocycles. The summed E-state index contributed by atoms with van der Waals surface area (Å²) in [6.45, 7) is 0. The van der Waals surface area contributed by atoms with Crippen molar-refractivity contribution in [1.82, 2.24) is 5.43 Å². The van der Waals surface area contributed by atoms with Crippen LogP contribution in [0.1, 0.15) is 18.4 Å². The minimum atomic E-state index is -0.327. The van der Waals surface area contributed by atoms with Gasteiger partial charge in [0.1, 0.15) is 5.82 Å². The molecule has 1 aromatic rings. The molecule has 2 rings (SSSR count). The topological polar surface area (TPSA) is 47.3 Å². The first-order valence-corrected chi connectivity index (χ1v) is 6.46. The van der Waals surface area contributed by atoms with Crippen LogP contribution in [0.4, 0.5) is 4.39 Å². The Bertz CT molecular complexity index is 412. The Morgan fingerprint density at radius 1 is 1.56 bits per heavy atom. The Morgan fingerprint density at radius 3 is 2.78 bits per heavy atom. The molecule has 2 unspecified atom stereocenters. The average Bonchev–Trinajstić information content (AvgIpc) is 3.16. The van der Waals surface area contributed by atoms with E-state index in [9.17, 15) is 4.39 Å². The molecule has 3 nitrogen and oxygen atoms in total. The van der Waals surface area contributed by atoms with Crippen LogP contribution < -0.4 is 11.3 Å². The maximum Gasteiger partial charge on any atom is 0.124 e. The van der Waals surface area contributed by atoms with E-state index in [2.05, 4.69) is 5.43 Å². The molecular weight excluding hydrogens is 255 g/mol. The van der Waals surface area contributed by atoms with Gasteiger partial charge in [-0.1, -0.05) is 17.7 Å². The number of hydrazine groups is 1. The first kappa shape index (κ1) is 13.7. The fourth-order valence-electron chi connectivity index (χ4n) is 2.30. The smallest absolute Gasteiger partial charge is 0.124 e. The number of hydrogen-bond acceptors (Lipinski definition) is 3. The van der Waals surface area contributed by atoms with Gasteiger partial charge in [-0.2, -0.15) is 0 Å². The summed E-state index contributed by atoms with van der Waals surface area (Å²) < 4.78 is 18.5. The third-order valence-electron chi connectivity index (χ3n) is 3.42. The lowest BCUT2D eigenvalue weighted by atomic mass is 9.98. The van der Waals surface area contributed by atoms with Crippen molar-refractivity contribution in [1.29, 1.82) is 0 Å². The van der Waals surface area contributed by atoms with Gasteiger partial charge >= 0.3 is 0 Å². The summed E-state index contributed by atoms with van der Waals surface area (Å²) in [6.07, 6.45) is 3.06. The van der Waals surface area contributed by atoms with Crippen LogP contribution in [0.3, 0.4) is 0 Å². The van der Waals surface area contributed by atoms with Crippen molar-refractivity contribution in [2.75, 3.05) is 7.11 Å². The Hall–Kier alpha value is -0.680. The van der Waals surface area contributed by atoms with E-state index in [0.29, 0.717) is 17.4 Å². The maximum atomic E-state index is 13.0. The van der Waals surface area contributed by atoms with Crippen LogP contribution in [0.15, 0.2) is 18.2 Å². The van der Waals surface area contributed by atoms with Crippen molar-refractivity contribution in [3.05, 3.63) is 34.6 Å². The molecule has 0 bridgehead atoms. The molecule has 1 aliphatic rings. The van der Waals surface area contributed by atoms with Crippen LogP contribution in [0.5, 0.6) is 0 Å². The van der Waals surface area contributed by atoms with Gasteiger partial charge in [-0.05, 0) is 42.9 Å². The van der Waals surface area contributed by atoms with Gasteiger partial charge in [0.15, 0.2) is 0 Å². The van der Waals surface area contributed by atoms with Crippen LogP contribution >= 0.6 is 11.6 Å². The van der Waals surface area contributed by atoms with E-state index in [-0.39, 0.29) is 18.0 Å². The first-order chi connectivity index (χ1) is 8.65. The molecule has 0 aromatic heterocycles. The quantitative estimate of drug-likeness (QED) is 0.617. The Labute approximate surface area is 111 Å². The van der Waals surface area contributed by atoms with Crippen molar-refractivity contribution >= 4 is 11.6 Å².